The van der Waals surface area contributed by atoms with E-state index >= 15 is 0 Å². The lowest BCUT2D eigenvalue weighted by atomic mass is 10.1. The molecule has 0 saturated carbocycles. The van der Waals surface area contributed by atoms with Crippen LogP contribution in [0.25, 0.3) is 11.3 Å². The van der Waals surface area contributed by atoms with Crippen LogP contribution in [-0.4, -0.2) is 5.97 Å². The fourth-order valence-electron chi connectivity index (χ4n) is 1.40. The topological polar surface area (TPSA) is 53.3 Å². The lowest BCUT2D eigenvalue weighted by molar-refractivity contribution is -0.257. The second kappa shape index (κ2) is 3.61. The molecule has 1 heterocycles. The molecular weight excluding hydrogens is 192 g/mol. The van der Waals surface area contributed by atoms with Gasteiger partial charge in [0, 0.05) is 5.56 Å². The monoisotopic (exact) mass is 201 g/mol. The summed E-state index contributed by atoms with van der Waals surface area (Å²) in [6.07, 6.45) is 0. The molecule has 3 heteroatoms. The van der Waals surface area contributed by atoms with Crippen LogP contribution in [-0.2, 0) is 0 Å². The molecule has 0 N–H and O–H groups in total. The molecule has 0 saturated heterocycles. The van der Waals surface area contributed by atoms with Gasteiger partial charge in [-0.15, -0.1) is 0 Å². The predicted molar refractivity (Wildman–Crippen MR) is 53.2 cm³/mol. The summed E-state index contributed by atoms with van der Waals surface area (Å²) in [4.78, 5) is 10.5. The number of carboxylic acid groups (broad SMARTS) is 1. The first-order valence-electron chi connectivity index (χ1n) is 4.55. The number of carbonyl (C=O) groups is 1. The Morgan fingerprint density at radius 1 is 1.27 bits per heavy atom. The maximum Gasteiger partial charge on any atom is 0.150 e. The standard InChI is InChI=1S/C12H10O3/c1-8-3-2-4-9(7-8)10-5-6-11(15-10)12(13)14/h2-7H,1H3,(H,13,14)/p-1. The summed E-state index contributed by atoms with van der Waals surface area (Å²) < 4.78 is 5.12. The fraction of sp³-hybridized carbons (Fsp3) is 0.0833. The van der Waals surface area contributed by atoms with Crippen LogP contribution in [0.5, 0.6) is 0 Å². The number of aromatic carboxylic acids is 1. The molecule has 0 aliphatic heterocycles. The number of rotatable bonds is 2. The van der Waals surface area contributed by atoms with Crippen molar-refractivity contribution in [3.63, 3.8) is 0 Å². The van der Waals surface area contributed by atoms with Gasteiger partial charge in [0.2, 0.25) is 0 Å². The van der Waals surface area contributed by atoms with E-state index in [4.69, 9.17) is 4.42 Å². The highest BCUT2D eigenvalue weighted by molar-refractivity contribution is 5.83. The third-order valence-corrected chi connectivity index (χ3v) is 2.11. The summed E-state index contributed by atoms with van der Waals surface area (Å²) in [6, 6.07) is 10.7. The summed E-state index contributed by atoms with van der Waals surface area (Å²) >= 11 is 0. The van der Waals surface area contributed by atoms with Gasteiger partial charge in [-0.25, -0.2) is 0 Å². The first-order valence-corrected chi connectivity index (χ1v) is 4.55. The van der Waals surface area contributed by atoms with Gasteiger partial charge in [0.1, 0.15) is 17.5 Å². The summed E-state index contributed by atoms with van der Waals surface area (Å²) in [7, 11) is 0. The number of benzene rings is 1. The Balaban J connectivity index is 2.41. The third kappa shape index (κ3) is 1.91. The normalized spacial score (nSPS) is 10.2. The number of hydrogen-bond donors (Lipinski definition) is 0. The summed E-state index contributed by atoms with van der Waals surface area (Å²) in [6.45, 7) is 1.96. The summed E-state index contributed by atoms with van der Waals surface area (Å²) in [5.74, 6) is -0.904. The van der Waals surface area contributed by atoms with Crippen molar-refractivity contribution in [3.05, 3.63) is 47.7 Å². The van der Waals surface area contributed by atoms with E-state index in [9.17, 15) is 9.90 Å². The van der Waals surface area contributed by atoms with Crippen molar-refractivity contribution < 1.29 is 14.3 Å². The Hall–Kier alpha value is -2.03. The SMILES string of the molecule is Cc1cccc(-c2ccc(C(=O)[O-])o2)c1. The molecule has 0 aliphatic carbocycles. The first-order chi connectivity index (χ1) is 7.16. The maximum atomic E-state index is 10.5. The second-order valence-corrected chi connectivity index (χ2v) is 3.32. The van der Waals surface area contributed by atoms with Crippen molar-refractivity contribution in [2.75, 3.05) is 0 Å². The summed E-state index contributed by atoms with van der Waals surface area (Å²) in [5.41, 5.74) is 1.96. The molecule has 0 fully saturated rings. The van der Waals surface area contributed by atoms with Gasteiger partial charge < -0.3 is 14.3 Å². The van der Waals surface area contributed by atoms with Gasteiger partial charge in [0.05, 0.1) is 0 Å². The van der Waals surface area contributed by atoms with Gasteiger partial charge in [0.25, 0.3) is 0 Å². The van der Waals surface area contributed by atoms with E-state index in [2.05, 4.69) is 0 Å². The molecule has 2 rings (SSSR count). The lowest BCUT2D eigenvalue weighted by Gasteiger charge is -1.99. The number of aryl methyl sites for hydroxylation is 1. The number of hydrogen-bond acceptors (Lipinski definition) is 3. The van der Waals surface area contributed by atoms with Gasteiger partial charge in [-0.05, 0) is 25.1 Å². The Kier molecular flexibility index (Phi) is 2.29. The van der Waals surface area contributed by atoms with E-state index in [1.807, 2.05) is 31.2 Å². The molecule has 1 aromatic carbocycles. The van der Waals surface area contributed by atoms with Crippen LogP contribution < -0.4 is 5.11 Å². The molecule has 0 bridgehead atoms. The average Bonchev–Trinajstić information content (AvgIpc) is 2.66. The molecule has 0 atom stereocenters. The quantitative estimate of drug-likeness (QED) is 0.741. The van der Waals surface area contributed by atoms with Crippen LogP contribution in [0.1, 0.15) is 16.1 Å². The zero-order chi connectivity index (χ0) is 10.8. The highest BCUT2D eigenvalue weighted by atomic mass is 16.4. The van der Waals surface area contributed by atoms with Crippen molar-refractivity contribution in [2.45, 2.75) is 6.92 Å². The molecule has 2 aromatic rings. The number of furan rings is 1. The minimum Gasteiger partial charge on any atom is -0.542 e. The molecule has 3 nitrogen and oxygen atoms in total. The van der Waals surface area contributed by atoms with Crippen molar-refractivity contribution in [1.29, 1.82) is 0 Å². The first kappa shape index (κ1) is 9.52. The van der Waals surface area contributed by atoms with Crippen LogP contribution in [0.2, 0.25) is 0 Å². The van der Waals surface area contributed by atoms with Crippen LogP contribution in [0.4, 0.5) is 0 Å². The molecule has 76 valence electrons. The van der Waals surface area contributed by atoms with Crippen LogP contribution in [0.3, 0.4) is 0 Å². The van der Waals surface area contributed by atoms with Gasteiger partial charge in [-0.2, -0.15) is 0 Å². The van der Waals surface area contributed by atoms with E-state index in [0.29, 0.717) is 5.76 Å². The third-order valence-electron chi connectivity index (χ3n) is 2.11. The average molecular weight is 201 g/mol. The minimum absolute atomic E-state index is 0.147. The smallest absolute Gasteiger partial charge is 0.150 e. The molecule has 15 heavy (non-hydrogen) atoms. The molecule has 0 spiro atoms. The largest absolute Gasteiger partial charge is 0.542 e. The molecular formula is C12H9O3-. The van der Waals surface area contributed by atoms with E-state index in [-0.39, 0.29) is 5.76 Å². The zero-order valence-corrected chi connectivity index (χ0v) is 8.19. The van der Waals surface area contributed by atoms with E-state index in [0.717, 1.165) is 11.1 Å². The van der Waals surface area contributed by atoms with E-state index in [1.165, 1.54) is 6.07 Å². The Bertz CT molecular complexity index is 497. The van der Waals surface area contributed by atoms with Gasteiger partial charge in [-0.3, -0.25) is 0 Å². The second-order valence-electron chi connectivity index (χ2n) is 3.32. The van der Waals surface area contributed by atoms with Crippen LogP contribution in [0, 0.1) is 6.92 Å². The fourth-order valence-corrected chi connectivity index (χ4v) is 1.40. The minimum atomic E-state index is -1.30. The van der Waals surface area contributed by atoms with E-state index in [1.54, 1.807) is 6.07 Å². The number of carbonyl (C=O) groups excluding carboxylic acids is 1. The lowest BCUT2D eigenvalue weighted by Crippen LogP contribution is -2.21. The highest BCUT2D eigenvalue weighted by Crippen LogP contribution is 2.22. The Morgan fingerprint density at radius 3 is 2.67 bits per heavy atom. The molecule has 0 amide bonds. The molecule has 0 radical (unpaired) electrons. The maximum absolute atomic E-state index is 10.5. The van der Waals surface area contributed by atoms with Crippen LogP contribution in [0.15, 0.2) is 40.8 Å². The highest BCUT2D eigenvalue weighted by Gasteiger charge is 2.04. The molecule has 0 unspecified atom stereocenters. The zero-order valence-electron chi connectivity index (χ0n) is 8.19. The molecule has 1 aromatic heterocycles. The van der Waals surface area contributed by atoms with Gasteiger partial charge in [0.15, 0.2) is 0 Å². The predicted octanol–water partition coefficient (Wildman–Crippen LogP) is 1.62. The van der Waals surface area contributed by atoms with Crippen molar-refractivity contribution in [3.8, 4) is 11.3 Å². The van der Waals surface area contributed by atoms with Gasteiger partial charge in [-0.1, -0.05) is 23.8 Å². The van der Waals surface area contributed by atoms with Gasteiger partial charge >= 0.3 is 0 Å². The van der Waals surface area contributed by atoms with E-state index < -0.39 is 5.97 Å². The van der Waals surface area contributed by atoms with Crippen molar-refractivity contribution >= 4 is 5.97 Å². The van der Waals surface area contributed by atoms with Crippen molar-refractivity contribution in [1.82, 2.24) is 0 Å². The van der Waals surface area contributed by atoms with Crippen molar-refractivity contribution in [2.24, 2.45) is 0 Å². The summed E-state index contributed by atoms with van der Waals surface area (Å²) in [5, 5.41) is 10.5. The Labute approximate surface area is 87.0 Å². The molecule has 0 aliphatic rings. The van der Waals surface area contributed by atoms with Crippen LogP contribution >= 0.6 is 0 Å². The number of carboxylic acids is 1. The Morgan fingerprint density at radius 2 is 2.07 bits per heavy atom.